The van der Waals surface area contributed by atoms with Crippen molar-refractivity contribution in [3.63, 3.8) is 0 Å². The highest BCUT2D eigenvalue weighted by molar-refractivity contribution is 5.88. The van der Waals surface area contributed by atoms with Gasteiger partial charge >= 0.3 is 12.1 Å². The van der Waals surface area contributed by atoms with Gasteiger partial charge in [-0.05, 0) is 87.3 Å². The van der Waals surface area contributed by atoms with E-state index in [1.165, 1.54) is 30.0 Å². The second-order valence-electron chi connectivity index (χ2n) is 12.2. The van der Waals surface area contributed by atoms with Crippen LogP contribution in [0.1, 0.15) is 119 Å². The summed E-state index contributed by atoms with van der Waals surface area (Å²) in [6, 6.07) is 13.1. The summed E-state index contributed by atoms with van der Waals surface area (Å²) in [6.07, 6.45) is -2.40. The number of esters is 1. The van der Waals surface area contributed by atoms with E-state index < -0.39 is 18.1 Å². The first kappa shape index (κ1) is 40.6. The molecule has 2 atom stereocenters. The van der Waals surface area contributed by atoms with Crippen LogP contribution in [0.4, 0.5) is 22.0 Å². The van der Waals surface area contributed by atoms with E-state index in [2.05, 4.69) is 18.8 Å². The molecule has 0 spiro atoms. The summed E-state index contributed by atoms with van der Waals surface area (Å²) >= 11 is 0. The van der Waals surface area contributed by atoms with E-state index in [-0.39, 0.29) is 47.7 Å². The van der Waals surface area contributed by atoms with Gasteiger partial charge < -0.3 is 4.74 Å². The quantitative estimate of drug-likeness (QED) is 0.153. The van der Waals surface area contributed by atoms with Crippen molar-refractivity contribution in [2.24, 2.45) is 16.8 Å². The molecule has 1 aliphatic heterocycles. The molecule has 0 amide bonds. The Balaban J connectivity index is 0.000000748. The maximum Gasteiger partial charge on any atom is 0.446 e. The predicted octanol–water partition coefficient (Wildman–Crippen LogP) is 10.2. The molecule has 5 nitrogen and oxygen atoms in total. The molecule has 0 unspecified atom stereocenters. The van der Waals surface area contributed by atoms with Crippen LogP contribution in [-0.2, 0) is 19.1 Å². The van der Waals surface area contributed by atoms with Gasteiger partial charge in [0.1, 0.15) is 23.0 Å². The first-order valence-corrected chi connectivity index (χ1v) is 15.4. The number of benzene rings is 2. The molecule has 3 rings (SSSR count). The van der Waals surface area contributed by atoms with Crippen LogP contribution in [0.2, 0.25) is 0 Å². The van der Waals surface area contributed by atoms with Crippen LogP contribution in [0, 0.1) is 23.5 Å². The van der Waals surface area contributed by atoms with Gasteiger partial charge in [0.05, 0.1) is 12.5 Å². The van der Waals surface area contributed by atoms with Crippen molar-refractivity contribution in [3.05, 3.63) is 71.3 Å². The van der Waals surface area contributed by atoms with Crippen LogP contribution in [-0.4, -0.2) is 35.5 Å². The molecule has 0 aromatic heterocycles. The van der Waals surface area contributed by atoms with Crippen molar-refractivity contribution in [1.29, 1.82) is 0 Å². The van der Waals surface area contributed by atoms with Gasteiger partial charge in [-0.15, -0.1) is 0 Å². The molecule has 0 N–H and O–H groups in total. The fraction of sp³-hybridized carbons (Fsp3) is 0.556. The fourth-order valence-corrected chi connectivity index (χ4v) is 4.29. The first-order valence-electron chi connectivity index (χ1n) is 16.1. The highest BCUT2D eigenvalue weighted by atomic mass is 19.4. The molecule has 1 aliphatic rings. The number of hydrogen-bond acceptors (Lipinski definition) is 5. The maximum absolute atomic E-state index is 13.1. The number of ketones is 1. The third kappa shape index (κ3) is 18.5. The lowest BCUT2D eigenvalue weighted by Crippen LogP contribution is -2.25. The van der Waals surface area contributed by atoms with Crippen molar-refractivity contribution in [2.45, 2.75) is 118 Å². The summed E-state index contributed by atoms with van der Waals surface area (Å²) in [5.74, 6) is -0.257. The van der Waals surface area contributed by atoms with Crippen LogP contribution >= 0.6 is 0 Å². The molecular formula is C36H50F5NO4. The van der Waals surface area contributed by atoms with Crippen LogP contribution in [0.5, 0.6) is 0 Å². The minimum absolute atomic E-state index is 0.0228. The van der Waals surface area contributed by atoms with Crippen molar-refractivity contribution in [1.82, 2.24) is 0 Å². The van der Waals surface area contributed by atoms with E-state index in [9.17, 15) is 31.5 Å². The molecule has 0 fully saturated rings. The Hall–Kier alpha value is -3.43. The van der Waals surface area contributed by atoms with Gasteiger partial charge in [-0.2, -0.15) is 13.2 Å². The molecule has 1 heterocycles. The number of Topliss-reactive ketones (excluding diaryl/α,β-unsaturated/α-hetero) is 1. The number of alkyl halides is 3. The number of hydrogen-bond donors (Lipinski definition) is 0. The van der Waals surface area contributed by atoms with Crippen LogP contribution < -0.4 is 0 Å². The topological polar surface area (TPSA) is 72.8 Å². The molecule has 2 aromatic rings. The third-order valence-corrected chi connectivity index (χ3v) is 6.61. The lowest BCUT2D eigenvalue weighted by Gasteiger charge is -2.22. The average Bonchev–Trinajstić information content (AvgIpc) is 3.47. The fourth-order valence-electron chi connectivity index (χ4n) is 4.29. The van der Waals surface area contributed by atoms with Crippen molar-refractivity contribution >= 4 is 23.8 Å². The van der Waals surface area contributed by atoms with Gasteiger partial charge in [-0.1, -0.05) is 65.8 Å². The van der Waals surface area contributed by atoms with Gasteiger partial charge in [-0.3, -0.25) is 19.4 Å². The minimum Gasteiger partial charge on any atom is -0.460 e. The zero-order valence-corrected chi connectivity index (χ0v) is 28.2. The molecule has 0 bridgehead atoms. The number of aliphatic imine (C=N–C) groups is 1. The molecule has 0 radical (unpaired) electrons. The van der Waals surface area contributed by atoms with Gasteiger partial charge in [0.2, 0.25) is 6.29 Å². The Kier molecular flexibility index (Phi) is 18.2. The Morgan fingerprint density at radius 3 is 1.85 bits per heavy atom. The standard InChI is InChI=1S/C19H27FO3.C13H16FN.C2HF3O.C2H6/c1-13(2)17(21)11-8-15(12-18(22)23-19(3,4)5)14-6-9-16(20)10-7-14;1-9(2)12-7-8-13(15-12)10-3-5-11(14)6-4-10;3-2(4,5)1-6;1-2/h6-7,9-10,13,15H,8,11-12H2,1-5H3;3-6,9,13H,7-8H2,1-2H3;1H;1-2H3/t15-;13-;;/m10../s1/i;;;1D. The van der Waals surface area contributed by atoms with Gasteiger partial charge in [-0.25, -0.2) is 8.78 Å². The predicted molar refractivity (Wildman–Crippen MR) is 173 cm³/mol. The monoisotopic (exact) mass is 656 g/mol. The number of carbonyl (C=O) groups excluding carboxylic acids is 3. The normalized spacial score (nSPS) is 15.2. The van der Waals surface area contributed by atoms with E-state index >= 15 is 0 Å². The van der Waals surface area contributed by atoms with Gasteiger partial charge in [0.15, 0.2) is 0 Å². The SMILES string of the molecule is CC(C)C(=O)CC[C@H](CC(=O)OC(C)(C)C)c1ccc(F)cc1.CC(C)C1=N[C@H](c2ccc(F)cc2)CC1.O=CC(F)(F)F.[2H]CC. The molecule has 0 saturated carbocycles. The summed E-state index contributed by atoms with van der Waals surface area (Å²) < 4.78 is 68.7. The zero-order chi connectivity index (χ0) is 36.4. The van der Waals surface area contributed by atoms with Crippen LogP contribution in [0.3, 0.4) is 0 Å². The largest absolute Gasteiger partial charge is 0.460 e. The van der Waals surface area contributed by atoms with Crippen LogP contribution in [0.15, 0.2) is 53.5 Å². The summed E-state index contributed by atoms with van der Waals surface area (Å²) in [5, 5.41) is 0. The number of rotatable bonds is 9. The van der Waals surface area contributed by atoms with Gasteiger partial charge in [0, 0.05) is 19.4 Å². The first-order chi connectivity index (χ1) is 21.7. The summed E-state index contributed by atoms with van der Waals surface area (Å²) in [4.78, 5) is 37.4. The van der Waals surface area contributed by atoms with Crippen molar-refractivity contribution < 1.29 is 42.4 Å². The zero-order valence-electron chi connectivity index (χ0n) is 29.2. The van der Waals surface area contributed by atoms with Crippen LogP contribution in [0.25, 0.3) is 0 Å². The smallest absolute Gasteiger partial charge is 0.446 e. The number of ether oxygens (including phenoxy) is 1. The molecule has 46 heavy (non-hydrogen) atoms. The Morgan fingerprint density at radius 2 is 1.46 bits per heavy atom. The molecule has 258 valence electrons. The third-order valence-electron chi connectivity index (χ3n) is 6.61. The second kappa shape index (κ2) is 20.6. The number of halogens is 5. The highest BCUT2D eigenvalue weighted by Crippen LogP contribution is 2.31. The van der Waals surface area contributed by atoms with E-state index in [0.717, 1.165) is 24.0 Å². The lowest BCUT2D eigenvalue weighted by atomic mass is 9.89. The molecule has 0 saturated heterocycles. The van der Waals surface area contributed by atoms with Crippen molar-refractivity contribution in [2.75, 3.05) is 0 Å². The average molecular weight is 657 g/mol. The number of carbonyl (C=O) groups is 3. The summed E-state index contributed by atoms with van der Waals surface area (Å²) in [7, 11) is 0. The van der Waals surface area contributed by atoms with E-state index in [0.29, 0.717) is 25.7 Å². The minimum atomic E-state index is -4.64. The Bertz CT molecular complexity index is 1240. The van der Waals surface area contributed by atoms with E-state index in [1.807, 2.05) is 46.8 Å². The van der Waals surface area contributed by atoms with E-state index in [1.54, 1.807) is 19.1 Å². The second-order valence-corrected chi connectivity index (χ2v) is 12.2. The molecule has 2 aromatic carbocycles. The molecule has 0 aliphatic carbocycles. The van der Waals surface area contributed by atoms with Gasteiger partial charge in [0.25, 0.3) is 0 Å². The Morgan fingerprint density at radius 1 is 0.978 bits per heavy atom. The molecular weight excluding hydrogens is 605 g/mol. The summed E-state index contributed by atoms with van der Waals surface area (Å²) in [5.41, 5.74) is 2.74. The highest BCUT2D eigenvalue weighted by Gasteiger charge is 2.25. The van der Waals surface area contributed by atoms with E-state index in [4.69, 9.17) is 10.9 Å². The number of aldehydes is 1. The van der Waals surface area contributed by atoms with Crippen molar-refractivity contribution in [3.8, 4) is 0 Å². The maximum atomic E-state index is 13.1. The molecule has 10 heteroatoms. The lowest BCUT2D eigenvalue weighted by molar-refractivity contribution is -0.156. The number of nitrogens with zero attached hydrogens (tertiary/aromatic N) is 1. The summed E-state index contributed by atoms with van der Waals surface area (Å²) in [6.45, 7) is 15.8. The Labute approximate surface area is 272 Å².